The van der Waals surface area contributed by atoms with Gasteiger partial charge in [0.2, 0.25) is 0 Å². The van der Waals surface area contributed by atoms with E-state index in [1.807, 2.05) is 78.9 Å². The highest BCUT2D eigenvalue weighted by Crippen LogP contribution is 2.38. The van der Waals surface area contributed by atoms with Crippen molar-refractivity contribution in [2.45, 2.75) is 31.1 Å². The molecule has 0 aliphatic carbocycles. The van der Waals surface area contributed by atoms with Gasteiger partial charge in [0.05, 0.1) is 5.69 Å². The third kappa shape index (κ3) is 4.97. The van der Waals surface area contributed by atoms with Crippen LogP contribution in [0.15, 0.2) is 98.8 Å². The highest BCUT2D eigenvalue weighted by molar-refractivity contribution is 9.10. The van der Waals surface area contributed by atoms with E-state index in [2.05, 4.69) is 28.2 Å². The van der Waals surface area contributed by atoms with Crippen molar-refractivity contribution >= 4 is 50.9 Å². The summed E-state index contributed by atoms with van der Waals surface area (Å²) in [6, 6.07) is 24.8. The average molecular weight is 507 g/mol. The first-order valence-electron chi connectivity index (χ1n) is 10.5. The van der Waals surface area contributed by atoms with Gasteiger partial charge in [-0.25, -0.2) is 4.90 Å². The zero-order valence-electron chi connectivity index (χ0n) is 17.7. The van der Waals surface area contributed by atoms with E-state index in [0.717, 1.165) is 34.3 Å². The number of nitrogens with zero attached hydrogens (tertiary/aromatic N) is 1. The van der Waals surface area contributed by atoms with Crippen molar-refractivity contribution < 1.29 is 9.59 Å². The fourth-order valence-electron chi connectivity index (χ4n) is 3.43. The fraction of sp³-hybridized carbons (Fsp3) is 0.154. The van der Waals surface area contributed by atoms with E-state index in [1.165, 1.54) is 22.2 Å². The number of halogens is 1. The van der Waals surface area contributed by atoms with Crippen molar-refractivity contribution in [1.29, 1.82) is 0 Å². The van der Waals surface area contributed by atoms with Crippen LogP contribution in [0.2, 0.25) is 0 Å². The molecule has 0 aromatic heterocycles. The van der Waals surface area contributed by atoms with Crippen LogP contribution >= 0.6 is 27.7 Å². The molecule has 1 aliphatic rings. The van der Waals surface area contributed by atoms with E-state index in [0.29, 0.717) is 16.3 Å². The Hall–Kier alpha value is -2.83. The molecule has 32 heavy (non-hydrogen) atoms. The molecule has 0 atom stereocenters. The second-order valence-corrected chi connectivity index (χ2v) is 9.47. The zero-order valence-corrected chi connectivity index (χ0v) is 20.1. The van der Waals surface area contributed by atoms with Crippen LogP contribution in [-0.2, 0) is 16.0 Å². The second kappa shape index (κ2) is 10.2. The van der Waals surface area contributed by atoms with Gasteiger partial charge in [-0.2, -0.15) is 0 Å². The predicted octanol–water partition coefficient (Wildman–Crippen LogP) is 6.78. The van der Waals surface area contributed by atoms with Crippen molar-refractivity contribution in [3.8, 4) is 0 Å². The van der Waals surface area contributed by atoms with Gasteiger partial charge in [0.25, 0.3) is 11.8 Å². The lowest BCUT2D eigenvalue weighted by Crippen LogP contribution is -2.32. The summed E-state index contributed by atoms with van der Waals surface area (Å²) in [5.41, 5.74) is 2.82. The van der Waals surface area contributed by atoms with Gasteiger partial charge >= 0.3 is 0 Å². The molecule has 0 radical (unpaired) electrons. The molecule has 0 unspecified atom stereocenters. The van der Waals surface area contributed by atoms with Crippen LogP contribution in [0.1, 0.15) is 25.3 Å². The molecule has 3 aromatic carbocycles. The van der Waals surface area contributed by atoms with Crippen LogP contribution in [0.5, 0.6) is 0 Å². The van der Waals surface area contributed by atoms with Crippen LogP contribution in [0.3, 0.4) is 0 Å². The maximum atomic E-state index is 13.4. The summed E-state index contributed by atoms with van der Waals surface area (Å²) in [5.74, 6) is -0.664. The van der Waals surface area contributed by atoms with Gasteiger partial charge in [-0.1, -0.05) is 71.4 Å². The number of aryl methyl sites for hydroxylation is 1. The van der Waals surface area contributed by atoms with Crippen LogP contribution < -0.4 is 10.2 Å². The lowest BCUT2D eigenvalue weighted by Gasteiger charge is -2.16. The molecule has 0 spiro atoms. The van der Waals surface area contributed by atoms with E-state index >= 15 is 0 Å². The number of amides is 2. The molecule has 0 saturated carbocycles. The number of imide groups is 1. The normalized spacial score (nSPS) is 13.8. The maximum absolute atomic E-state index is 13.4. The third-order valence-corrected chi connectivity index (χ3v) is 6.75. The van der Waals surface area contributed by atoms with Gasteiger partial charge in [-0.3, -0.25) is 9.59 Å². The summed E-state index contributed by atoms with van der Waals surface area (Å²) in [4.78, 5) is 29.4. The summed E-state index contributed by atoms with van der Waals surface area (Å²) in [6.45, 7) is 2.16. The zero-order chi connectivity index (χ0) is 22.5. The number of hydrogen-bond donors (Lipinski definition) is 1. The minimum absolute atomic E-state index is 0.293. The van der Waals surface area contributed by atoms with Crippen LogP contribution in [0, 0.1) is 0 Å². The first-order chi connectivity index (χ1) is 15.6. The molecular formula is C26H23BrN2O2S. The number of rotatable bonds is 8. The SMILES string of the molecule is CCCCc1ccc(N2C(=O)C(Nc3ccc(Br)cc3)=C(Sc3ccccc3)C2=O)cc1. The van der Waals surface area contributed by atoms with E-state index < -0.39 is 0 Å². The van der Waals surface area contributed by atoms with Crippen molar-refractivity contribution in [1.82, 2.24) is 0 Å². The number of anilines is 2. The number of hydrogen-bond acceptors (Lipinski definition) is 4. The number of thioether (sulfide) groups is 1. The van der Waals surface area contributed by atoms with Gasteiger partial charge in [0.1, 0.15) is 10.6 Å². The summed E-state index contributed by atoms with van der Waals surface area (Å²) < 4.78 is 0.939. The first kappa shape index (κ1) is 22.4. The largest absolute Gasteiger partial charge is 0.350 e. The molecule has 4 nitrogen and oxygen atoms in total. The van der Waals surface area contributed by atoms with Crippen LogP contribution in [0.25, 0.3) is 0 Å². The van der Waals surface area contributed by atoms with Crippen molar-refractivity contribution in [2.24, 2.45) is 0 Å². The smallest absolute Gasteiger partial charge is 0.283 e. The molecule has 1 aliphatic heterocycles. The molecule has 0 bridgehead atoms. The Morgan fingerprint density at radius 2 is 1.56 bits per heavy atom. The average Bonchev–Trinajstić information content (AvgIpc) is 3.04. The molecule has 1 N–H and O–H groups in total. The summed E-state index contributed by atoms with van der Waals surface area (Å²) >= 11 is 4.73. The Labute approximate surface area is 200 Å². The van der Waals surface area contributed by atoms with Crippen molar-refractivity contribution in [2.75, 3.05) is 10.2 Å². The van der Waals surface area contributed by atoms with Gasteiger partial charge in [-0.15, -0.1) is 0 Å². The van der Waals surface area contributed by atoms with Gasteiger partial charge in [0.15, 0.2) is 0 Å². The summed E-state index contributed by atoms with van der Waals surface area (Å²) in [7, 11) is 0. The first-order valence-corrected chi connectivity index (χ1v) is 12.1. The van der Waals surface area contributed by atoms with E-state index in [1.54, 1.807) is 0 Å². The van der Waals surface area contributed by atoms with Gasteiger partial charge < -0.3 is 5.32 Å². The molecule has 2 amide bonds. The Morgan fingerprint density at radius 1 is 0.875 bits per heavy atom. The molecule has 6 heteroatoms. The third-order valence-electron chi connectivity index (χ3n) is 5.13. The number of carbonyl (C=O) groups excluding carboxylic acids is 2. The van der Waals surface area contributed by atoms with Gasteiger partial charge in [-0.05, 0) is 66.9 Å². The molecule has 0 fully saturated rings. The van der Waals surface area contributed by atoms with Crippen molar-refractivity contribution in [3.63, 3.8) is 0 Å². The maximum Gasteiger partial charge on any atom is 0.283 e. The Kier molecular flexibility index (Phi) is 7.12. The van der Waals surface area contributed by atoms with E-state index in [9.17, 15) is 9.59 Å². The highest BCUT2D eigenvalue weighted by atomic mass is 79.9. The second-order valence-electron chi connectivity index (χ2n) is 7.47. The quantitative estimate of drug-likeness (QED) is 0.342. The Balaban J connectivity index is 1.66. The minimum atomic E-state index is -0.349. The van der Waals surface area contributed by atoms with E-state index in [4.69, 9.17) is 0 Å². The molecule has 1 heterocycles. The van der Waals surface area contributed by atoms with Crippen LogP contribution in [0.4, 0.5) is 11.4 Å². The number of unbranched alkanes of at least 4 members (excludes halogenated alkanes) is 1. The fourth-order valence-corrected chi connectivity index (χ4v) is 4.64. The summed E-state index contributed by atoms with van der Waals surface area (Å²) in [5, 5.41) is 3.18. The topological polar surface area (TPSA) is 49.4 Å². The van der Waals surface area contributed by atoms with Crippen molar-refractivity contribution in [3.05, 3.63) is 99.5 Å². The van der Waals surface area contributed by atoms with Gasteiger partial charge in [0, 0.05) is 15.1 Å². The molecule has 3 aromatic rings. The highest BCUT2D eigenvalue weighted by Gasteiger charge is 2.40. The Bertz CT molecular complexity index is 1140. The predicted molar refractivity (Wildman–Crippen MR) is 135 cm³/mol. The lowest BCUT2D eigenvalue weighted by molar-refractivity contribution is -0.120. The molecule has 4 rings (SSSR count). The van der Waals surface area contributed by atoms with Crippen LogP contribution in [-0.4, -0.2) is 11.8 Å². The summed E-state index contributed by atoms with van der Waals surface area (Å²) in [6.07, 6.45) is 3.23. The number of nitrogens with one attached hydrogen (secondary N) is 1. The minimum Gasteiger partial charge on any atom is -0.350 e. The molecule has 162 valence electrons. The number of benzene rings is 3. The monoisotopic (exact) mass is 506 g/mol. The number of carbonyl (C=O) groups is 2. The molecule has 0 saturated heterocycles. The lowest BCUT2D eigenvalue weighted by atomic mass is 10.1. The van der Waals surface area contributed by atoms with E-state index in [-0.39, 0.29) is 11.8 Å². The standard InChI is InChI=1S/C26H23BrN2O2S/c1-2-3-7-18-10-16-21(17-11-18)29-25(30)23(28-20-14-12-19(27)13-15-20)24(26(29)31)32-22-8-5-4-6-9-22/h4-6,8-17,28H,2-3,7H2,1H3. The molecular weight excluding hydrogens is 484 g/mol. The Morgan fingerprint density at radius 3 is 2.22 bits per heavy atom.